The van der Waals surface area contributed by atoms with E-state index in [9.17, 15) is 14.7 Å². The zero-order chi connectivity index (χ0) is 15.9. The second-order valence-corrected chi connectivity index (χ2v) is 5.60. The van der Waals surface area contributed by atoms with Gasteiger partial charge in [-0.25, -0.2) is 0 Å². The molecule has 0 aromatic heterocycles. The van der Waals surface area contributed by atoms with Crippen LogP contribution >= 0.6 is 0 Å². The summed E-state index contributed by atoms with van der Waals surface area (Å²) in [5.41, 5.74) is 1.50. The Bertz CT molecular complexity index is 811. The molecule has 5 heteroatoms. The third-order valence-electron chi connectivity index (χ3n) is 4.01. The van der Waals surface area contributed by atoms with Crippen LogP contribution in [0, 0.1) is 18.3 Å². The van der Waals surface area contributed by atoms with Crippen molar-refractivity contribution in [2.24, 2.45) is 5.92 Å². The minimum Gasteiger partial charge on any atom is -0.507 e. The van der Waals surface area contributed by atoms with Crippen molar-refractivity contribution >= 4 is 28.3 Å². The number of aromatic hydroxyl groups is 1. The molecule has 0 saturated carbocycles. The topological polar surface area (TPSA) is 90.3 Å². The Morgan fingerprint density at radius 2 is 2.05 bits per heavy atom. The van der Waals surface area contributed by atoms with Gasteiger partial charge in [0.05, 0.1) is 11.6 Å². The smallest absolute Gasteiger partial charge is 0.235 e. The van der Waals surface area contributed by atoms with Crippen molar-refractivity contribution in [1.82, 2.24) is 5.32 Å². The number of imide groups is 1. The predicted octanol–water partition coefficient (Wildman–Crippen LogP) is 2.27. The van der Waals surface area contributed by atoms with E-state index in [1.54, 1.807) is 6.07 Å². The summed E-state index contributed by atoms with van der Waals surface area (Å²) in [7, 11) is 0. The minimum atomic E-state index is -0.712. The van der Waals surface area contributed by atoms with Crippen LogP contribution in [0.25, 0.3) is 10.8 Å². The number of nitrogens with one attached hydrogen (secondary N) is 2. The van der Waals surface area contributed by atoms with Gasteiger partial charge in [0.25, 0.3) is 0 Å². The van der Waals surface area contributed by atoms with Crippen molar-refractivity contribution in [3.63, 3.8) is 0 Å². The molecule has 0 spiro atoms. The van der Waals surface area contributed by atoms with Gasteiger partial charge in [-0.05, 0) is 30.2 Å². The van der Waals surface area contributed by atoms with Gasteiger partial charge in [-0.2, -0.15) is 0 Å². The molecule has 0 radical (unpaired) electrons. The van der Waals surface area contributed by atoms with E-state index < -0.39 is 11.8 Å². The first kappa shape index (κ1) is 14.3. The summed E-state index contributed by atoms with van der Waals surface area (Å²) in [5, 5.41) is 22.4. The number of hydrogen-bond acceptors (Lipinski definition) is 4. The van der Waals surface area contributed by atoms with Crippen molar-refractivity contribution in [1.29, 1.82) is 5.41 Å². The van der Waals surface area contributed by atoms with Crippen LogP contribution in [0.4, 0.5) is 0 Å². The van der Waals surface area contributed by atoms with Crippen LogP contribution in [0.3, 0.4) is 0 Å². The molecule has 3 N–H and O–H groups in total. The normalized spacial score (nSPS) is 18.3. The van der Waals surface area contributed by atoms with Crippen LogP contribution in [0.15, 0.2) is 30.3 Å². The fraction of sp³-hybridized carbons (Fsp3) is 0.235. The number of benzene rings is 2. The number of hydrogen-bond donors (Lipinski definition) is 3. The lowest BCUT2D eigenvalue weighted by Gasteiger charge is -2.23. The highest BCUT2D eigenvalue weighted by molar-refractivity contribution is 6.21. The summed E-state index contributed by atoms with van der Waals surface area (Å²) in [6.45, 7) is 1.97. The Morgan fingerprint density at radius 3 is 2.77 bits per heavy atom. The average molecular weight is 296 g/mol. The van der Waals surface area contributed by atoms with Gasteiger partial charge in [-0.15, -0.1) is 0 Å². The highest BCUT2D eigenvalue weighted by Crippen LogP contribution is 2.31. The van der Waals surface area contributed by atoms with Gasteiger partial charge in [0, 0.05) is 12.0 Å². The van der Waals surface area contributed by atoms with Gasteiger partial charge in [-0.3, -0.25) is 14.9 Å². The Hall–Kier alpha value is -2.69. The van der Waals surface area contributed by atoms with Gasteiger partial charge >= 0.3 is 0 Å². The number of rotatable bonds is 2. The van der Waals surface area contributed by atoms with Crippen LogP contribution in [-0.2, 0) is 9.59 Å². The first-order chi connectivity index (χ1) is 10.5. The van der Waals surface area contributed by atoms with Crippen molar-refractivity contribution < 1.29 is 14.7 Å². The van der Waals surface area contributed by atoms with Crippen LogP contribution in [-0.4, -0.2) is 22.6 Å². The third-order valence-corrected chi connectivity index (χ3v) is 4.01. The number of piperidine rings is 1. The highest BCUT2D eigenvalue weighted by Gasteiger charge is 2.32. The van der Waals surface area contributed by atoms with E-state index in [-0.39, 0.29) is 23.8 Å². The van der Waals surface area contributed by atoms with Crippen LogP contribution in [0.1, 0.15) is 24.0 Å². The van der Waals surface area contributed by atoms with E-state index in [1.165, 1.54) is 6.07 Å². The molecule has 2 aromatic carbocycles. The molecule has 0 bridgehead atoms. The molecule has 2 amide bonds. The summed E-state index contributed by atoms with van der Waals surface area (Å²) >= 11 is 0. The molecule has 1 fully saturated rings. The van der Waals surface area contributed by atoms with E-state index in [0.29, 0.717) is 12.0 Å². The molecule has 1 heterocycles. The monoisotopic (exact) mass is 296 g/mol. The maximum absolute atomic E-state index is 12.0. The average Bonchev–Trinajstić information content (AvgIpc) is 2.47. The first-order valence-corrected chi connectivity index (χ1v) is 7.12. The summed E-state index contributed by atoms with van der Waals surface area (Å²) in [5.74, 6) is -1.52. The van der Waals surface area contributed by atoms with Crippen LogP contribution < -0.4 is 5.32 Å². The second kappa shape index (κ2) is 5.26. The quantitative estimate of drug-likeness (QED) is 0.586. The number of carbonyl (C=O) groups is 2. The van der Waals surface area contributed by atoms with E-state index in [0.717, 1.165) is 16.3 Å². The number of phenols is 1. The predicted molar refractivity (Wildman–Crippen MR) is 83.1 cm³/mol. The summed E-state index contributed by atoms with van der Waals surface area (Å²) in [6, 6.07) is 9.05. The van der Waals surface area contributed by atoms with Gasteiger partial charge in [-0.1, -0.05) is 29.8 Å². The highest BCUT2D eigenvalue weighted by atomic mass is 16.3. The van der Waals surface area contributed by atoms with Gasteiger partial charge in [0.1, 0.15) is 5.75 Å². The molecule has 3 rings (SSSR count). The second-order valence-electron chi connectivity index (χ2n) is 5.60. The maximum Gasteiger partial charge on any atom is 0.235 e. The molecular formula is C17H16N2O3. The fourth-order valence-corrected chi connectivity index (χ4v) is 2.86. The molecule has 1 aliphatic rings. The Labute approximate surface area is 127 Å². The maximum atomic E-state index is 12.0. The lowest BCUT2D eigenvalue weighted by atomic mass is 9.86. The molecule has 1 aliphatic heterocycles. The Balaban J connectivity index is 2.09. The molecule has 2 aromatic rings. The van der Waals surface area contributed by atoms with E-state index in [2.05, 4.69) is 5.32 Å². The van der Waals surface area contributed by atoms with E-state index >= 15 is 0 Å². The van der Waals surface area contributed by atoms with Crippen molar-refractivity contribution in [3.05, 3.63) is 41.5 Å². The largest absolute Gasteiger partial charge is 0.507 e. The van der Waals surface area contributed by atoms with Crippen LogP contribution in [0.2, 0.25) is 0 Å². The first-order valence-electron chi connectivity index (χ1n) is 7.12. The Morgan fingerprint density at radius 1 is 1.27 bits per heavy atom. The zero-order valence-electron chi connectivity index (χ0n) is 12.1. The van der Waals surface area contributed by atoms with Crippen LogP contribution in [0.5, 0.6) is 5.75 Å². The number of fused-ring (bicyclic) bond motifs is 1. The van der Waals surface area contributed by atoms with E-state index in [1.807, 2.05) is 25.1 Å². The van der Waals surface area contributed by atoms with Crippen molar-refractivity contribution in [3.8, 4) is 5.75 Å². The fourth-order valence-electron chi connectivity index (χ4n) is 2.86. The van der Waals surface area contributed by atoms with E-state index in [4.69, 9.17) is 5.41 Å². The molecule has 22 heavy (non-hydrogen) atoms. The van der Waals surface area contributed by atoms with Gasteiger partial charge in [0.2, 0.25) is 11.8 Å². The number of phenolic OH excluding ortho intramolecular Hbond substituents is 1. The molecule has 1 unspecified atom stereocenters. The minimum absolute atomic E-state index is 0.0222. The standard InChI is InChI=1S/C17H16N2O3/c1-9-2-4-11-10(8-9)3-6-13(20)15(11)16(18)12-5-7-14(21)19-17(12)22/h2-4,6,8,12,18,20H,5,7H2,1H3,(H,19,21,22). The van der Waals surface area contributed by atoms with Crippen molar-refractivity contribution in [2.45, 2.75) is 19.8 Å². The molecule has 1 atom stereocenters. The molecule has 1 saturated heterocycles. The molecule has 0 aliphatic carbocycles. The molecule has 5 nitrogen and oxygen atoms in total. The number of carbonyl (C=O) groups excluding carboxylic acids is 2. The summed E-state index contributed by atoms with van der Waals surface area (Å²) in [4.78, 5) is 23.2. The molecular weight excluding hydrogens is 280 g/mol. The Kier molecular flexibility index (Phi) is 3.41. The van der Waals surface area contributed by atoms with Gasteiger partial charge < -0.3 is 10.5 Å². The third kappa shape index (κ3) is 2.35. The summed E-state index contributed by atoms with van der Waals surface area (Å²) < 4.78 is 0. The number of aryl methyl sites for hydroxylation is 1. The lowest BCUT2D eigenvalue weighted by Crippen LogP contribution is -2.43. The number of amides is 2. The lowest BCUT2D eigenvalue weighted by molar-refractivity contribution is -0.134. The molecule has 112 valence electrons. The zero-order valence-corrected chi connectivity index (χ0v) is 12.1. The van der Waals surface area contributed by atoms with Crippen molar-refractivity contribution in [2.75, 3.05) is 0 Å². The van der Waals surface area contributed by atoms with Gasteiger partial charge in [0.15, 0.2) is 0 Å². The SMILES string of the molecule is Cc1ccc2c(C(=N)C3CCC(=O)NC3=O)c(O)ccc2c1. The summed E-state index contributed by atoms with van der Waals surface area (Å²) in [6.07, 6.45) is 0.509.